The average Bonchev–Trinajstić information content (AvgIpc) is 2.51. The van der Waals surface area contributed by atoms with E-state index in [0.717, 1.165) is 28.4 Å². The Morgan fingerprint density at radius 1 is 1.00 bits per heavy atom. The molecule has 0 bridgehead atoms. The molecule has 0 N–H and O–H groups in total. The number of nitrogens with zero attached hydrogens (tertiary/aromatic N) is 1. The number of hydrogen-bond donors (Lipinski definition) is 0. The second-order valence-corrected chi connectivity index (χ2v) is 4.59. The third-order valence-corrected chi connectivity index (χ3v) is 3.03. The van der Waals surface area contributed by atoms with Crippen LogP contribution in [0.4, 0.5) is 0 Å². The molecule has 0 unspecified atom stereocenters. The molecule has 0 aromatic heterocycles. The largest absolute Gasteiger partial charge is 0.496 e. The predicted molar refractivity (Wildman–Crippen MR) is 82.8 cm³/mol. The van der Waals surface area contributed by atoms with Gasteiger partial charge in [-0.15, -0.1) is 0 Å². The smallest absolute Gasteiger partial charge is 0.127 e. The molecule has 21 heavy (non-hydrogen) atoms. The Hall–Kier alpha value is -2.73. The average molecular weight is 279 g/mol. The van der Waals surface area contributed by atoms with Gasteiger partial charge in [0.05, 0.1) is 19.6 Å². The van der Waals surface area contributed by atoms with Crippen molar-refractivity contribution in [3.05, 3.63) is 65.7 Å². The van der Waals surface area contributed by atoms with E-state index in [4.69, 9.17) is 14.7 Å². The van der Waals surface area contributed by atoms with Crippen molar-refractivity contribution < 1.29 is 9.47 Å². The lowest BCUT2D eigenvalue weighted by atomic mass is 10.1. The molecule has 0 spiro atoms. The van der Waals surface area contributed by atoms with E-state index in [1.54, 1.807) is 7.11 Å². The van der Waals surface area contributed by atoms with Crippen LogP contribution in [0.25, 0.3) is 5.76 Å². The standard InChI is InChI=1S/C18H17NO2/c1-14(12-13-19)18(20-2)15-8-10-17(11-9-15)21-16-6-4-3-5-7-16/h3-11H,12H2,1-2H3. The highest BCUT2D eigenvalue weighted by Gasteiger charge is 2.07. The van der Waals surface area contributed by atoms with Gasteiger partial charge in [0.15, 0.2) is 0 Å². The van der Waals surface area contributed by atoms with E-state index in [0.29, 0.717) is 6.42 Å². The van der Waals surface area contributed by atoms with Crippen LogP contribution in [0.5, 0.6) is 11.5 Å². The zero-order valence-electron chi connectivity index (χ0n) is 12.2. The van der Waals surface area contributed by atoms with Gasteiger partial charge in [-0.1, -0.05) is 18.2 Å². The lowest BCUT2D eigenvalue weighted by Crippen LogP contribution is -1.92. The number of rotatable bonds is 5. The normalized spacial score (nSPS) is 11.3. The van der Waals surface area contributed by atoms with Crippen molar-refractivity contribution in [1.29, 1.82) is 5.26 Å². The summed E-state index contributed by atoms with van der Waals surface area (Å²) < 4.78 is 11.1. The van der Waals surface area contributed by atoms with Crippen LogP contribution in [0, 0.1) is 11.3 Å². The summed E-state index contributed by atoms with van der Waals surface area (Å²) in [4.78, 5) is 0. The fourth-order valence-electron chi connectivity index (χ4n) is 2.04. The van der Waals surface area contributed by atoms with Crippen LogP contribution in [0.2, 0.25) is 0 Å². The number of ether oxygens (including phenoxy) is 2. The molecule has 0 saturated carbocycles. The van der Waals surface area contributed by atoms with Crippen molar-refractivity contribution >= 4 is 5.76 Å². The summed E-state index contributed by atoms with van der Waals surface area (Å²) in [6, 6.07) is 19.4. The van der Waals surface area contributed by atoms with Gasteiger partial charge >= 0.3 is 0 Å². The molecular weight excluding hydrogens is 262 g/mol. The minimum Gasteiger partial charge on any atom is -0.496 e. The van der Waals surface area contributed by atoms with Crippen molar-refractivity contribution in [2.24, 2.45) is 0 Å². The van der Waals surface area contributed by atoms with Gasteiger partial charge in [0.1, 0.15) is 17.3 Å². The monoisotopic (exact) mass is 279 g/mol. The molecule has 0 atom stereocenters. The van der Waals surface area contributed by atoms with Crippen LogP contribution >= 0.6 is 0 Å². The Labute approximate surface area is 125 Å². The van der Waals surface area contributed by atoms with Crippen molar-refractivity contribution in [1.82, 2.24) is 0 Å². The van der Waals surface area contributed by atoms with E-state index < -0.39 is 0 Å². The van der Waals surface area contributed by atoms with Crippen LogP contribution in [-0.4, -0.2) is 7.11 Å². The third-order valence-electron chi connectivity index (χ3n) is 3.03. The van der Waals surface area contributed by atoms with E-state index in [1.165, 1.54) is 0 Å². The summed E-state index contributed by atoms with van der Waals surface area (Å²) in [6.45, 7) is 1.90. The molecule has 3 heteroatoms. The van der Waals surface area contributed by atoms with Crippen molar-refractivity contribution in [2.75, 3.05) is 7.11 Å². The maximum Gasteiger partial charge on any atom is 0.127 e. The van der Waals surface area contributed by atoms with Gasteiger partial charge in [-0.25, -0.2) is 0 Å². The molecule has 0 heterocycles. The van der Waals surface area contributed by atoms with Gasteiger partial charge < -0.3 is 9.47 Å². The lowest BCUT2D eigenvalue weighted by molar-refractivity contribution is 0.366. The zero-order valence-corrected chi connectivity index (χ0v) is 12.2. The molecule has 0 amide bonds. The third kappa shape index (κ3) is 3.87. The number of allylic oxidation sites excluding steroid dienone is 1. The number of hydrogen-bond acceptors (Lipinski definition) is 3. The minimum atomic E-state index is 0.353. The predicted octanol–water partition coefficient (Wildman–Crippen LogP) is 4.77. The molecule has 2 aromatic rings. The van der Waals surface area contributed by atoms with Crippen molar-refractivity contribution in [2.45, 2.75) is 13.3 Å². The Kier molecular flexibility index (Phi) is 5.00. The van der Waals surface area contributed by atoms with Crippen LogP contribution in [0.1, 0.15) is 18.9 Å². The molecule has 0 radical (unpaired) electrons. The fourth-order valence-corrected chi connectivity index (χ4v) is 2.04. The van der Waals surface area contributed by atoms with Crippen LogP contribution in [0.3, 0.4) is 0 Å². The topological polar surface area (TPSA) is 42.2 Å². The van der Waals surface area contributed by atoms with E-state index >= 15 is 0 Å². The molecule has 0 aliphatic rings. The van der Waals surface area contributed by atoms with Crippen molar-refractivity contribution in [3.8, 4) is 17.6 Å². The maximum absolute atomic E-state index is 8.78. The highest BCUT2D eigenvalue weighted by Crippen LogP contribution is 2.26. The Morgan fingerprint density at radius 2 is 1.62 bits per heavy atom. The molecule has 0 aliphatic carbocycles. The first kappa shape index (κ1) is 14.7. The second-order valence-electron chi connectivity index (χ2n) is 4.59. The first-order valence-corrected chi connectivity index (χ1v) is 6.68. The molecule has 0 aliphatic heterocycles. The van der Waals surface area contributed by atoms with Crippen molar-refractivity contribution in [3.63, 3.8) is 0 Å². The van der Waals surface area contributed by atoms with Gasteiger partial charge in [0.2, 0.25) is 0 Å². The lowest BCUT2D eigenvalue weighted by Gasteiger charge is -2.11. The molecule has 106 valence electrons. The Bertz CT molecular complexity index is 652. The molecule has 2 aromatic carbocycles. The molecule has 0 saturated heterocycles. The summed E-state index contributed by atoms with van der Waals surface area (Å²) in [7, 11) is 1.62. The summed E-state index contributed by atoms with van der Waals surface area (Å²) in [5.74, 6) is 2.30. The van der Waals surface area contributed by atoms with E-state index in [2.05, 4.69) is 6.07 Å². The fraction of sp³-hybridized carbons (Fsp3) is 0.167. The highest BCUT2D eigenvalue weighted by molar-refractivity contribution is 5.63. The van der Waals surface area contributed by atoms with Crippen LogP contribution < -0.4 is 4.74 Å². The highest BCUT2D eigenvalue weighted by atomic mass is 16.5. The summed E-state index contributed by atoms with van der Waals surface area (Å²) in [5.41, 5.74) is 1.85. The molecule has 3 nitrogen and oxygen atoms in total. The van der Waals surface area contributed by atoms with Crippen LogP contribution in [-0.2, 0) is 4.74 Å². The molecular formula is C18H17NO2. The van der Waals surface area contributed by atoms with Gasteiger partial charge in [-0.2, -0.15) is 5.26 Å². The SMILES string of the molecule is COC(=C(C)CC#N)c1ccc(Oc2ccccc2)cc1. The molecule has 0 fully saturated rings. The van der Waals surface area contributed by atoms with Gasteiger partial charge in [-0.05, 0) is 48.9 Å². The molecule has 2 rings (SSSR count). The Balaban J connectivity index is 2.19. The number of methoxy groups -OCH3 is 1. The number of para-hydroxylation sites is 1. The maximum atomic E-state index is 8.78. The second kappa shape index (κ2) is 7.16. The van der Waals surface area contributed by atoms with E-state index in [9.17, 15) is 0 Å². The number of benzene rings is 2. The van der Waals surface area contributed by atoms with Crippen LogP contribution in [0.15, 0.2) is 60.2 Å². The Morgan fingerprint density at radius 3 is 2.19 bits per heavy atom. The van der Waals surface area contributed by atoms with Gasteiger partial charge in [-0.3, -0.25) is 0 Å². The summed E-state index contributed by atoms with van der Waals surface area (Å²) in [5, 5.41) is 8.78. The van der Waals surface area contributed by atoms with Gasteiger partial charge in [0, 0.05) is 5.56 Å². The summed E-state index contributed by atoms with van der Waals surface area (Å²) in [6.07, 6.45) is 0.353. The first-order chi connectivity index (χ1) is 10.2. The van der Waals surface area contributed by atoms with E-state index in [-0.39, 0.29) is 0 Å². The number of nitriles is 1. The first-order valence-electron chi connectivity index (χ1n) is 6.68. The minimum absolute atomic E-state index is 0.353. The van der Waals surface area contributed by atoms with Gasteiger partial charge in [0.25, 0.3) is 0 Å². The zero-order chi connectivity index (χ0) is 15.1. The quantitative estimate of drug-likeness (QED) is 0.740. The summed E-state index contributed by atoms with van der Waals surface area (Å²) >= 11 is 0. The van der Waals surface area contributed by atoms with E-state index in [1.807, 2.05) is 61.5 Å².